The van der Waals surface area contributed by atoms with Crippen LogP contribution >= 0.6 is 0 Å². The van der Waals surface area contributed by atoms with Gasteiger partial charge >= 0.3 is 10.1 Å². The summed E-state index contributed by atoms with van der Waals surface area (Å²) in [5.41, 5.74) is 0.240. The zero-order chi connectivity index (χ0) is 19.7. The summed E-state index contributed by atoms with van der Waals surface area (Å²) in [6, 6.07) is 14.8. The van der Waals surface area contributed by atoms with E-state index in [9.17, 15) is 13.2 Å². The van der Waals surface area contributed by atoms with Gasteiger partial charge in [0.1, 0.15) is 23.4 Å². The lowest BCUT2D eigenvalue weighted by Crippen LogP contribution is -2.52. The molecule has 1 atom stereocenters. The molecule has 0 radical (unpaired) electrons. The van der Waals surface area contributed by atoms with E-state index < -0.39 is 16.2 Å². The van der Waals surface area contributed by atoms with Crippen LogP contribution in [0.15, 0.2) is 59.5 Å². The average Bonchev–Trinajstić information content (AvgIpc) is 2.62. The predicted octanol–water partition coefficient (Wildman–Crippen LogP) is 3.15. The summed E-state index contributed by atoms with van der Waals surface area (Å²) in [6.07, 6.45) is -0.468. The van der Waals surface area contributed by atoms with Crippen molar-refractivity contribution < 1.29 is 22.1 Å². The summed E-state index contributed by atoms with van der Waals surface area (Å²) in [6.45, 7) is 6.14. The summed E-state index contributed by atoms with van der Waals surface area (Å²) >= 11 is 0. The Morgan fingerprint density at radius 2 is 1.67 bits per heavy atom. The molecule has 0 aromatic heterocycles. The minimum atomic E-state index is -3.96. The number of rotatable bonds is 4. The molecule has 1 saturated heterocycles. The maximum Gasteiger partial charge on any atom is 0.339 e. The second-order valence-electron chi connectivity index (χ2n) is 7.36. The highest BCUT2D eigenvalue weighted by Gasteiger charge is 2.35. The second kappa shape index (κ2) is 7.32. The molecule has 2 aromatic rings. The first-order valence-corrected chi connectivity index (χ1v) is 10.1. The van der Waals surface area contributed by atoms with Gasteiger partial charge in [-0.2, -0.15) is 8.42 Å². The minimum Gasteiger partial charge on any atom is -0.379 e. The van der Waals surface area contributed by atoms with Crippen molar-refractivity contribution in [3.8, 4) is 5.75 Å². The molecule has 0 bridgehead atoms. The highest BCUT2D eigenvalue weighted by molar-refractivity contribution is 7.87. The van der Waals surface area contributed by atoms with E-state index in [2.05, 4.69) is 0 Å². The third-order valence-corrected chi connectivity index (χ3v) is 5.61. The third kappa shape index (κ3) is 4.31. The molecule has 1 heterocycles. The molecule has 6 nitrogen and oxygen atoms in total. The molecule has 1 fully saturated rings. The predicted molar refractivity (Wildman–Crippen MR) is 101 cm³/mol. The van der Waals surface area contributed by atoms with E-state index >= 15 is 0 Å². The lowest BCUT2D eigenvalue weighted by atomic mass is 10.0. The monoisotopic (exact) mass is 389 g/mol. The Kier molecular flexibility index (Phi) is 5.26. The first-order chi connectivity index (χ1) is 12.7. The van der Waals surface area contributed by atoms with Crippen LogP contribution < -0.4 is 4.18 Å². The highest BCUT2D eigenvalue weighted by Crippen LogP contribution is 2.34. The van der Waals surface area contributed by atoms with Crippen LogP contribution in [0, 0.1) is 0 Å². The molecule has 2 aromatic carbocycles. The quantitative estimate of drug-likeness (QED) is 0.751. The molecule has 144 valence electrons. The molecule has 7 heteroatoms. The van der Waals surface area contributed by atoms with Gasteiger partial charge in [0.05, 0.1) is 6.54 Å². The molecule has 1 aliphatic heterocycles. The summed E-state index contributed by atoms with van der Waals surface area (Å²) in [7, 11) is -3.96. The maximum atomic E-state index is 12.6. The van der Waals surface area contributed by atoms with Gasteiger partial charge in [-0.1, -0.05) is 36.4 Å². The number of benzene rings is 2. The lowest BCUT2D eigenvalue weighted by molar-refractivity contribution is -0.156. The van der Waals surface area contributed by atoms with Gasteiger partial charge in [0.2, 0.25) is 5.91 Å². The van der Waals surface area contributed by atoms with Crippen LogP contribution in [0.1, 0.15) is 32.4 Å². The van der Waals surface area contributed by atoms with E-state index in [1.165, 1.54) is 12.1 Å². The van der Waals surface area contributed by atoms with Gasteiger partial charge in [0, 0.05) is 11.1 Å². The number of para-hydroxylation sites is 1. The summed E-state index contributed by atoms with van der Waals surface area (Å²) in [5.74, 6) is 0.114. The fraction of sp³-hybridized carbons (Fsp3) is 0.350. The molecule has 27 heavy (non-hydrogen) atoms. The molecule has 1 aliphatic rings. The van der Waals surface area contributed by atoms with Crippen molar-refractivity contribution in [3.63, 3.8) is 0 Å². The molecular weight excluding hydrogens is 366 g/mol. The van der Waals surface area contributed by atoms with Crippen LogP contribution in [0.25, 0.3) is 0 Å². The highest BCUT2D eigenvalue weighted by atomic mass is 32.2. The Labute approximate surface area is 159 Å². The van der Waals surface area contributed by atoms with Crippen LogP contribution in [0.3, 0.4) is 0 Å². The van der Waals surface area contributed by atoms with E-state index in [1.807, 2.05) is 20.8 Å². The molecule has 0 spiro atoms. The fourth-order valence-corrected chi connectivity index (χ4v) is 3.96. The number of nitrogens with zero attached hydrogens (tertiary/aromatic N) is 1. The van der Waals surface area contributed by atoms with Gasteiger partial charge in [-0.15, -0.1) is 0 Å². The van der Waals surface area contributed by atoms with Crippen LogP contribution in [0.5, 0.6) is 5.75 Å². The Morgan fingerprint density at radius 3 is 2.33 bits per heavy atom. The van der Waals surface area contributed by atoms with Crippen LogP contribution in [-0.2, 0) is 19.6 Å². The number of ether oxygens (including phenoxy) is 1. The van der Waals surface area contributed by atoms with Crippen molar-refractivity contribution in [3.05, 3.63) is 60.2 Å². The van der Waals surface area contributed by atoms with E-state index in [1.54, 1.807) is 47.4 Å². The first-order valence-electron chi connectivity index (χ1n) is 8.69. The lowest BCUT2D eigenvalue weighted by Gasteiger charge is -2.41. The number of carbonyl (C=O) groups is 1. The maximum absolute atomic E-state index is 12.6. The third-order valence-electron chi connectivity index (χ3n) is 4.36. The van der Waals surface area contributed by atoms with Crippen molar-refractivity contribution >= 4 is 16.0 Å². The molecule has 1 amide bonds. The molecular formula is C20H23NO5S. The Hall–Kier alpha value is -2.38. The summed E-state index contributed by atoms with van der Waals surface area (Å²) < 4.78 is 36.3. The van der Waals surface area contributed by atoms with Crippen LogP contribution in [-0.4, -0.2) is 37.9 Å². The number of hydrogen-bond acceptors (Lipinski definition) is 5. The molecule has 0 saturated carbocycles. The SMILES string of the molecule is CC(C)(C)N1C[C@@H](c2ccccc2OS(=O)(=O)c2ccccc2)OCC1=O. The topological polar surface area (TPSA) is 72.9 Å². The smallest absolute Gasteiger partial charge is 0.339 e. The van der Waals surface area contributed by atoms with Crippen molar-refractivity contribution in [2.75, 3.05) is 13.2 Å². The largest absolute Gasteiger partial charge is 0.379 e. The van der Waals surface area contributed by atoms with E-state index in [4.69, 9.17) is 8.92 Å². The standard InChI is InChI=1S/C20H23NO5S/c1-20(2,3)21-13-18(25-14-19(21)22)16-11-7-8-12-17(16)26-27(23,24)15-9-5-4-6-10-15/h4-12,18H,13-14H2,1-3H3/t18-/m0/s1. The van der Waals surface area contributed by atoms with Crippen molar-refractivity contribution in [1.29, 1.82) is 0 Å². The molecule has 0 unspecified atom stereocenters. The van der Waals surface area contributed by atoms with Gasteiger partial charge in [-0.3, -0.25) is 4.79 Å². The Balaban J connectivity index is 1.90. The second-order valence-corrected chi connectivity index (χ2v) is 8.91. The Morgan fingerprint density at radius 1 is 1.04 bits per heavy atom. The van der Waals surface area contributed by atoms with E-state index in [0.717, 1.165) is 0 Å². The number of amides is 1. The summed E-state index contributed by atoms with van der Waals surface area (Å²) in [5, 5.41) is 0. The molecule has 0 aliphatic carbocycles. The van der Waals surface area contributed by atoms with Crippen molar-refractivity contribution in [2.45, 2.75) is 37.3 Å². The molecule has 3 rings (SSSR count). The summed E-state index contributed by atoms with van der Waals surface area (Å²) in [4.78, 5) is 14.0. The van der Waals surface area contributed by atoms with Crippen molar-refractivity contribution in [1.82, 2.24) is 4.90 Å². The first kappa shape index (κ1) is 19.4. The van der Waals surface area contributed by atoms with Gasteiger partial charge in [-0.25, -0.2) is 0 Å². The zero-order valence-corrected chi connectivity index (χ0v) is 16.4. The Bertz CT molecular complexity index is 919. The van der Waals surface area contributed by atoms with E-state index in [0.29, 0.717) is 12.1 Å². The van der Waals surface area contributed by atoms with Crippen LogP contribution in [0.4, 0.5) is 0 Å². The van der Waals surface area contributed by atoms with Crippen LogP contribution in [0.2, 0.25) is 0 Å². The van der Waals surface area contributed by atoms with Gasteiger partial charge < -0.3 is 13.8 Å². The number of morpholine rings is 1. The molecule has 0 N–H and O–H groups in total. The normalized spacial score (nSPS) is 18.4. The van der Waals surface area contributed by atoms with Gasteiger partial charge in [-0.05, 0) is 39.0 Å². The zero-order valence-electron chi connectivity index (χ0n) is 15.6. The fourth-order valence-electron chi connectivity index (χ4n) is 2.98. The van der Waals surface area contributed by atoms with Gasteiger partial charge in [0.25, 0.3) is 0 Å². The van der Waals surface area contributed by atoms with Gasteiger partial charge in [0.15, 0.2) is 0 Å². The number of carbonyl (C=O) groups excluding carboxylic acids is 1. The van der Waals surface area contributed by atoms with E-state index in [-0.39, 0.29) is 28.7 Å². The number of hydrogen-bond donors (Lipinski definition) is 0. The van der Waals surface area contributed by atoms with Crippen molar-refractivity contribution in [2.24, 2.45) is 0 Å². The minimum absolute atomic E-state index is 0.0539. The average molecular weight is 389 g/mol.